The summed E-state index contributed by atoms with van der Waals surface area (Å²) in [6.07, 6.45) is 3.31. The Labute approximate surface area is 127 Å². The van der Waals surface area contributed by atoms with Gasteiger partial charge in [-0.25, -0.2) is 0 Å². The molecule has 2 heterocycles. The fourth-order valence-corrected chi connectivity index (χ4v) is 3.36. The number of hydrogen-bond acceptors (Lipinski definition) is 3. The summed E-state index contributed by atoms with van der Waals surface area (Å²) in [5.41, 5.74) is 3.84. The van der Waals surface area contributed by atoms with Crippen molar-refractivity contribution < 1.29 is 9.32 Å². The third-order valence-electron chi connectivity index (χ3n) is 4.23. The van der Waals surface area contributed by atoms with Crippen LogP contribution in [0.2, 0.25) is 0 Å². The van der Waals surface area contributed by atoms with Gasteiger partial charge in [0.15, 0.2) is 5.82 Å². The maximum Gasteiger partial charge on any atom is 0.245 e. The fraction of sp³-hybridized carbons (Fsp3) is 0.294. The number of nitrogens with zero attached hydrogens (tertiary/aromatic N) is 2. The monoisotopic (exact) mass is 295 g/mol. The third kappa shape index (κ3) is 2.09. The van der Waals surface area contributed by atoms with Gasteiger partial charge in [-0.2, -0.15) is 0 Å². The number of aryl methyl sites for hydroxylation is 2. The second-order valence-corrected chi connectivity index (χ2v) is 5.75. The maximum absolute atomic E-state index is 12.3. The molecule has 0 bridgehead atoms. The van der Waals surface area contributed by atoms with E-state index < -0.39 is 0 Å². The number of carbonyl (C=O) groups is 1. The van der Waals surface area contributed by atoms with Crippen LogP contribution < -0.4 is 5.32 Å². The summed E-state index contributed by atoms with van der Waals surface area (Å²) in [6, 6.07) is 10.0. The number of amides is 1. The van der Waals surface area contributed by atoms with Crippen LogP contribution >= 0.6 is 0 Å². The van der Waals surface area contributed by atoms with Crippen molar-refractivity contribution in [2.24, 2.45) is 0 Å². The topological polar surface area (TPSA) is 60.1 Å². The number of fused-ring (bicyclic) bond motifs is 3. The predicted molar refractivity (Wildman–Crippen MR) is 83.8 cm³/mol. The zero-order valence-electron chi connectivity index (χ0n) is 12.4. The van der Waals surface area contributed by atoms with Gasteiger partial charge in [-0.3, -0.25) is 4.79 Å². The van der Waals surface area contributed by atoms with Crippen molar-refractivity contribution in [3.8, 4) is 0 Å². The first-order chi connectivity index (χ1) is 10.7. The summed E-state index contributed by atoms with van der Waals surface area (Å²) in [7, 11) is 0. The minimum absolute atomic E-state index is 0.0799. The highest BCUT2D eigenvalue weighted by Gasteiger charge is 2.22. The average molecular weight is 295 g/mol. The average Bonchev–Trinajstić information content (AvgIpc) is 3.18. The van der Waals surface area contributed by atoms with Crippen LogP contribution in [-0.4, -0.2) is 15.6 Å². The van der Waals surface area contributed by atoms with Crippen LogP contribution in [0.15, 0.2) is 34.9 Å². The smallest absolute Gasteiger partial charge is 0.245 e. The molecule has 2 aromatic heterocycles. The molecule has 0 atom stereocenters. The first-order valence-corrected chi connectivity index (χ1v) is 7.54. The molecule has 0 spiro atoms. The second-order valence-electron chi connectivity index (χ2n) is 5.75. The standard InChI is InChI=1S/C17H17N3O2/c1-11-9-16(19-22-11)18-17(21)10-20-14-7-3-2-5-12(14)13-6-4-8-15(13)20/h2-3,5,7,9H,4,6,8,10H2,1H3,(H,18,19,21). The molecule has 1 aliphatic rings. The number of anilines is 1. The van der Waals surface area contributed by atoms with Gasteiger partial charge in [-0.15, -0.1) is 0 Å². The molecule has 0 unspecified atom stereocenters. The first-order valence-electron chi connectivity index (χ1n) is 7.54. The van der Waals surface area contributed by atoms with E-state index in [1.54, 1.807) is 13.0 Å². The number of benzene rings is 1. The lowest BCUT2D eigenvalue weighted by Gasteiger charge is -2.09. The molecule has 5 nitrogen and oxygen atoms in total. The molecule has 0 aliphatic heterocycles. The summed E-state index contributed by atoms with van der Waals surface area (Å²) in [5, 5.41) is 7.87. The van der Waals surface area contributed by atoms with Crippen LogP contribution in [0.4, 0.5) is 5.82 Å². The number of carbonyl (C=O) groups excluding carboxylic acids is 1. The summed E-state index contributed by atoms with van der Waals surface area (Å²) in [4.78, 5) is 12.3. The lowest BCUT2D eigenvalue weighted by molar-refractivity contribution is -0.116. The van der Waals surface area contributed by atoms with Crippen LogP contribution in [0.3, 0.4) is 0 Å². The van der Waals surface area contributed by atoms with Gasteiger partial charge in [-0.1, -0.05) is 23.4 Å². The molecular formula is C17H17N3O2. The van der Waals surface area contributed by atoms with Gasteiger partial charge in [0.1, 0.15) is 12.3 Å². The molecule has 1 aromatic carbocycles. The molecule has 4 rings (SSSR count). The quantitative estimate of drug-likeness (QED) is 0.808. The lowest BCUT2D eigenvalue weighted by Crippen LogP contribution is -2.20. The molecule has 3 aromatic rings. The highest BCUT2D eigenvalue weighted by molar-refractivity contribution is 5.92. The van der Waals surface area contributed by atoms with Crippen molar-refractivity contribution in [1.82, 2.24) is 9.72 Å². The second kappa shape index (κ2) is 5.02. The van der Waals surface area contributed by atoms with Crippen molar-refractivity contribution >= 4 is 22.6 Å². The Morgan fingerprint density at radius 2 is 2.23 bits per heavy atom. The fourth-order valence-electron chi connectivity index (χ4n) is 3.36. The van der Waals surface area contributed by atoms with Gasteiger partial charge in [0.2, 0.25) is 5.91 Å². The normalized spacial score (nSPS) is 13.5. The van der Waals surface area contributed by atoms with Crippen LogP contribution in [0, 0.1) is 6.92 Å². The Kier molecular flexibility index (Phi) is 2.99. The van der Waals surface area contributed by atoms with E-state index in [4.69, 9.17) is 4.52 Å². The Balaban J connectivity index is 1.65. The summed E-state index contributed by atoms with van der Waals surface area (Å²) >= 11 is 0. The van der Waals surface area contributed by atoms with E-state index in [1.807, 2.05) is 6.07 Å². The Hall–Kier alpha value is -2.56. The number of nitrogens with one attached hydrogen (secondary N) is 1. The number of hydrogen-bond donors (Lipinski definition) is 1. The Morgan fingerprint density at radius 3 is 3.05 bits per heavy atom. The summed E-state index contributed by atoms with van der Waals surface area (Å²) < 4.78 is 7.11. The van der Waals surface area contributed by atoms with E-state index in [1.165, 1.54) is 23.1 Å². The number of para-hydroxylation sites is 1. The van der Waals surface area contributed by atoms with Crippen LogP contribution in [0.25, 0.3) is 10.9 Å². The van der Waals surface area contributed by atoms with E-state index in [0.717, 1.165) is 18.4 Å². The van der Waals surface area contributed by atoms with Crippen molar-refractivity contribution in [3.63, 3.8) is 0 Å². The van der Waals surface area contributed by atoms with Gasteiger partial charge in [0, 0.05) is 22.7 Å². The molecule has 112 valence electrons. The van der Waals surface area contributed by atoms with E-state index in [-0.39, 0.29) is 5.91 Å². The Bertz CT molecular complexity index is 860. The van der Waals surface area contributed by atoms with E-state index in [0.29, 0.717) is 18.1 Å². The van der Waals surface area contributed by atoms with Gasteiger partial charge < -0.3 is 14.4 Å². The molecule has 1 amide bonds. The van der Waals surface area contributed by atoms with E-state index in [2.05, 4.69) is 33.2 Å². The molecular weight excluding hydrogens is 278 g/mol. The molecule has 22 heavy (non-hydrogen) atoms. The summed E-state index contributed by atoms with van der Waals surface area (Å²) in [6.45, 7) is 2.11. The minimum Gasteiger partial charge on any atom is -0.360 e. The van der Waals surface area contributed by atoms with Gasteiger partial charge in [0.25, 0.3) is 0 Å². The maximum atomic E-state index is 12.3. The van der Waals surface area contributed by atoms with Crippen LogP contribution in [0.5, 0.6) is 0 Å². The molecule has 0 saturated carbocycles. The molecule has 0 fully saturated rings. The molecule has 1 aliphatic carbocycles. The first kappa shape index (κ1) is 13.1. The zero-order chi connectivity index (χ0) is 15.1. The number of rotatable bonds is 3. The van der Waals surface area contributed by atoms with E-state index in [9.17, 15) is 4.79 Å². The molecule has 0 saturated heterocycles. The highest BCUT2D eigenvalue weighted by atomic mass is 16.5. The van der Waals surface area contributed by atoms with Gasteiger partial charge in [-0.05, 0) is 37.8 Å². The molecule has 1 N–H and O–H groups in total. The third-order valence-corrected chi connectivity index (χ3v) is 4.23. The SMILES string of the molecule is Cc1cc(NC(=O)Cn2c3c(c4ccccc42)CCC3)no1. The van der Waals surface area contributed by atoms with Gasteiger partial charge >= 0.3 is 0 Å². The van der Waals surface area contributed by atoms with Crippen molar-refractivity contribution in [2.75, 3.05) is 5.32 Å². The summed E-state index contributed by atoms with van der Waals surface area (Å²) in [5.74, 6) is 1.07. The van der Waals surface area contributed by atoms with Crippen LogP contribution in [0.1, 0.15) is 23.4 Å². The zero-order valence-corrected chi connectivity index (χ0v) is 12.4. The molecule has 5 heteroatoms. The minimum atomic E-state index is -0.0799. The number of aromatic nitrogens is 2. The Morgan fingerprint density at radius 1 is 1.36 bits per heavy atom. The van der Waals surface area contributed by atoms with Gasteiger partial charge in [0.05, 0.1) is 0 Å². The van der Waals surface area contributed by atoms with Crippen LogP contribution in [-0.2, 0) is 24.2 Å². The molecule has 0 radical (unpaired) electrons. The van der Waals surface area contributed by atoms with Crippen molar-refractivity contribution in [3.05, 3.63) is 47.3 Å². The largest absolute Gasteiger partial charge is 0.360 e. The lowest BCUT2D eigenvalue weighted by atomic mass is 10.1. The van der Waals surface area contributed by atoms with E-state index >= 15 is 0 Å². The van der Waals surface area contributed by atoms with Crippen molar-refractivity contribution in [1.29, 1.82) is 0 Å². The van der Waals surface area contributed by atoms with Crippen molar-refractivity contribution in [2.45, 2.75) is 32.7 Å². The predicted octanol–water partition coefficient (Wildman–Crippen LogP) is 3.07. The highest BCUT2D eigenvalue weighted by Crippen LogP contribution is 2.32.